The first-order chi connectivity index (χ1) is 9.42. The average Bonchev–Trinajstić information content (AvgIpc) is 2.95. The lowest BCUT2D eigenvalue weighted by Gasteiger charge is -2.24. The lowest BCUT2D eigenvalue weighted by molar-refractivity contribution is -0.147. The highest BCUT2D eigenvalue weighted by Gasteiger charge is 2.31. The van der Waals surface area contributed by atoms with Gasteiger partial charge in [-0.05, 0) is 19.8 Å². The van der Waals surface area contributed by atoms with Crippen LogP contribution >= 0.6 is 11.3 Å². The average molecular weight is 299 g/mol. The number of hydrogen-bond donors (Lipinski definition) is 3. The van der Waals surface area contributed by atoms with Crippen molar-refractivity contribution in [1.82, 2.24) is 15.6 Å². The maximum Gasteiger partial charge on any atom is 0.315 e. The van der Waals surface area contributed by atoms with Crippen molar-refractivity contribution < 1.29 is 14.7 Å². The fourth-order valence-corrected chi connectivity index (χ4v) is 2.35. The molecule has 0 saturated heterocycles. The minimum Gasteiger partial charge on any atom is -0.481 e. The molecule has 6 nitrogen and oxygen atoms in total. The van der Waals surface area contributed by atoms with Gasteiger partial charge < -0.3 is 15.7 Å². The SMILES string of the molecule is CCC(NC(=O)NCC(C)(CC)C(=O)O)c1nccs1. The molecule has 2 unspecified atom stereocenters. The Kier molecular flexibility index (Phi) is 5.94. The van der Waals surface area contributed by atoms with Gasteiger partial charge in [-0.3, -0.25) is 4.79 Å². The van der Waals surface area contributed by atoms with E-state index in [4.69, 9.17) is 5.11 Å². The Labute approximate surface area is 122 Å². The number of nitrogens with one attached hydrogen (secondary N) is 2. The second kappa shape index (κ2) is 7.23. The van der Waals surface area contributed by atoms with Crippen LogP contribution in [0.15, 0.2) is 11.6 Å². The van der Waals surface area contributed by atoms with Crippen LogP contribution in [0.4, 0.5) is 4.79 Å². The van der Waals surface area contributed by atoms with Gasteiger partial charge in [-0.15, -0.1) is 11.3 Å². The molecule has 7 heteroatoms. The standard InChI is InChI=1S/C13H21N3O3S/c1-4-9(10-14-6-7-20-10)16-12(19)15-8-13(3,5-2)11(17)18/h6-7,9H,4-5,8H2,1-3H3,(H,17,18)(H2,15,16,19). The predicted molar refractivity (Wildman–Crippen MR) is 77.7 cm³/mol. The van der Waals surface area contributed by atoms with Crippen molar-refractivity contribution in [3.05, 3.63) is 16.6 Å². The number of amides is 2. The molecular formula is C13H21N3O3S. The van der Waals surface area contributed by atoms with E-state index in [2.05, 4.69) is 15.6 Å². The van der Waals surface area contributed by atoms with Crippen LogP contribution in [0.1, 0.15) is 44.7 Å². The number of carbonyl (C=O) groups is 2. The molecule has 0 radical (unpaired) electrons. The Morgan fingerprint density at radius 2 is 2.20 bits per heavy atom. The van der Waals surface area contributed by atoms with Crippen molar-refractivity contribution in [2.75, 3.05) is 6.54 Å². The normalized spacial score (nSPS) is 15.2. The number of hydrogen-bond acceptors (Lipinski definition) is 4. The minimum absolute atomic E-state index is 0.0962. The van der Waals surface area contributed by atoms with Crippen LogP contribution in [0.5, 0.6) is 0 Å². The Morgan fingerprint density at radius 1 is 1.50 bits per heavy atom. The number of thiazole rings is 1. The first kappa shape index (κ1) is 16.4. The minimum atomic E-state index is -0.944. The third-order valence-corrected chi connectivity index (χ3v) is 4.29. The van der Waals surface area contributed by atoms with E-state index < -0.39 is 11.4 Å². The van der Waals surface area contributed by atoms with Gasteiger partial charge in [-0.25, -0.2) is 9.78 Å². The summed E-state index contributed by atoms with van der Waals surface area (Å²) in [5.41, 5.74) is -0.944. The van der Waals surface area contributed by atoms with Gasteiger partial charge in [-0.2, -0.15) is 0 Å². The summed E-state index contributed by atoms with van der Waals surface area (Å²) in [6.07, 6.45) is 2.87. The number of urea groups is 1. The summed E-state index contributed by atoms with van der Waals surface area (Å²) in [4.78, 5) is 27.2. The topological polar surface area (TPSA) is 91.3 Å². The van der Waals surface area contributed by atoms with E-state index in [1.807, 2.05) is 12.3 Å². The van der Waals surface area contributed by atoms with E-state index in [9.17, 15) is 9.59 Å². The molecule has 0 aliphatic rings. The summed E-state index contributed by atoms with van der Waals surface area (Å²) < 4.78 is 0. The number of carboxylic acids is 1. The zero-order chi connectivity index (χ0) is 15.2. The van der Waals surface area contributed by atoms with Crippen LogP contribution in [0.3, 0.4) is 0 Å². The smallest absolute Gasteiger partial charge is 0.315 e. The molecule has 0 fully saturated rings. The van der Waals surface area contributed by atoms with E-state index in [-0.39, 0.29) is 18.6 Å². The van der Waals surface area contributed by atoms with E-state index in [1.165, 1.54) is 11.3 Å². The van der Waals surface area contributed by atoms with E-state index in [1.54, 1.807) is 20.0 Å². The molecule has 0 saturated carbocycles. The molecule has 20 heavy (non-hydrogen) atoms. The number of carbonyl (C=O) groups excluding carboxylic acids is 1. The Balaban J connectivity index is 2.53. The Hall–Kier alpha value is -1.63. The summed E-state index contributed by atoms with van der Waals surface area (Å²) in [7, 11) is 0. The molecule has 0 aromatic carbocycles. The van der Waals surface area contributed by atoms with Crippen LogP contribution in [0.2, 0.25) is 0 Å². The molecule has 0 aliphatic carbocycles. The molecule has 0 spiro atoms. The van der Waals surface area contributed by atoms with Crippen LogP contribution in [-0.2, 0) is 4.79 Å². The van der Waals surface area contributed by atoms with Gasteiger partial charge >= 0.3 is 12.0 Å². The molecular weight excluding hydrogens is 278 g/mol. The van der Waals surface area contributed by atoms with Gasteiger partial charge in [0.2, 0.25) is 0 Å². The first-order valence-corrected chi connectivity index (χ1v) is 7.48. The molecule has 1 rings (SSSR count). The monoisotopic (exact) mass is 299 g/mol. The highest BCUT2D eigenvalue weighted by Crippen LogP contribution is 2.21. The van der Waals surface area contributed by atoms with Gasteiger partial charge in [0.25, 0.3) is 0 Å². The van der Waals surface area contributed by atoms with Crippen molar-refractivity contribution in [2.45, 2.75) is 39.7 Å². The number of aliphatic carboxylic acids is 1. The number of nitrogens with zero attached hydrogens (tertiary/aromatic N) is 1. The van der Waals surface area contributed by atoms with E-state index in [0.717, 1.165) is 11.4 Å². The van der Waals surface area contributed by atoms with Crippen LogP contribution in [0, 0.1) is 5.41 Å². The lowest BCUT2D eigenvalue weighted by Crippen LogP contribution is -2.45. The maximum absolute atomic E-state index is 11.9. The highest BCUT2D eigenvalue weighted by molar-refractivity contribution is 7.09. The third-order valence-electron chi connectivity index (χ3n) is 3.40. The zero-order valence-corrected chi connectivity index (χ0v) is 12.8. The molecule has 0 bridgehead atoms. The van der Waals surface area contributed by atoms with E-state index >= 15 is 0 Å². The van der Waals surface area contributed by atoms with Crippen LogP contribution < -0.4 is 10.6 Å². The fourth-order valence-electron chi connectivity index (χ4n) is 1.58. The molecule has 1 heterocycles. The summed E-state index contributed by atoms with van der Waals surface area (Å²) in [6, 6.07) is -0.513. The number of rotatable bonds is 7. The van der Waals surface area contributed by atoms with Crippen molar-refractivity contribution >= 4 is 23.3 Å². The Bertz CT molecular complexity index is 450. The predicted octanol–water partition coefficient (Wildman–Crippen LogP) is 2.39. The first-order valence-electron chi connectivity index (χ1n) is 6.60. The summed E-state index contributed by atoms with van der Waals surface area (Å²) >= 11 is 1.48. The largest absolute Gasteiger partial charge is 0.481 e. The van der Waals surface area contributed by atoms with Gasteiger partial charge in [0, 0.05) is 18.1 Å². The van der Waals surface area contributed by atoms with Gasteiger partial charge in [0.05, 0.1) is 11.5 Å². The second-order valence-electron chi connectivity index (χ2n) is 4.88. The van der Waals surface area contributed by atoms with Crippen molar-refractivity contribution in [1.29, 1.82) is 0 Å². The zero-order valence-electron chi connectivity index (χ0n) is 12.0. The maximum atomic E-state index is 11.9. The molecule has 2 atom stereocenters. The van der Waals surface area contributed by atoms with Crippen molar-refractivity contribution in [2.24, 2.45) is 5.41 Å². The van der Waals surface area contributed by atoms with Gasteiger partial charge in [-0.1, -0.05) is 13.8 Å². The summed E-state index contributed by atoms with van der Waals surface area (Å²) in [5, 5.41) is 17.3. The van der Waals surface area contributed by atoms with Crippen molar-refractivity contribution in [3.63, 3.8) is 0 Å². The summed E-state index contributed by atoms with van der Waals surface area (Å²) in [6.45, 7) is 5.46. The van der Waals surface area contributed by atoms with Gasteiger partial charge in [0.15, 0.2) is 0 Å². The van der Waals surface area contributed by atoms with Gasteiger partial charge in [0.1, 0.15) is 5.01 Å². The summed E-state index contributed by atoms with van der Waals surface area (Å²) in [5.74, 6) is -0.910. The van der Waals surface area contributed by atoms with Crippen molar-refractivity contribution in [3.8, 4) is 0 Å². The lowest BCUT2D eigenvalue weighted by atomic mass is 9.88. The molecule has 1 aromatic heterocycles. The van der Waals surface area contributed by atoms with E-state index in [0.29, 0.717) is 6.42 Å². The third kappa shape index (κ3) is 4.19. The molecule has 3 N–H and O–H groups in total. The molecule has 0 aliphatic heterocycles. The number of aromatic nitrogens is 1. The van der Waals surface area contributed by atoms with Crippen LogP contribution in [-0.4, -0.2) is 28.6 Å². The second-order valence-corrected chi connectivity index (χ2v) is 5.80. The quantitative estimate of drug-likeness (QED) is 0.721. The fraction of sp³-hybridized carbons (Fsp3) is 0.615. The highest BCUT2D eigenvalue weighted by atomic mass is 32.1. The molecule has 2 amide bonds. The Morgan fingerprint density at radius 3 is 2.65 bits per heavy atom. The van der Waals surface area contributed by atoms with Crippen LogP contribution in [0.25, 0.3) is 0 Å². The molecule has 1 aromatic rings. The number of carboxylic acid groups (broad SMARTS) is 1. The molecule has 112 valence electrons.